The van der Waals surface area contributed by atoms with Crippen LogP contribution in [0.1, 0.15) is 25.8 Å². The first kappa shape index (κ1) is 18.9. The summed E-state index contributed by atoms with van der Waals surface area (Å²) in [5, 5.41) is 13.2. The maximum absolute atomic E-state index is 12.6. The number of anilines is 1. The maximum atomic E-state index is 12.6. The normalized spacial score (nSPS) is 22.4. The van der Waals surface area contributed by atoms with E-state index < -0.39 is 36.4 Å². The number of hydrogen-bond donors (Lipinski definition) is 2. The number of benzene rings is 1. The number of esters is 1. The number of nitrogens with zero attached hydrogens (tertiary/aromatic N) is 1. The molecule has 1 aromatic rings. The van der Waals surface area contributed by atoms with Crippen LogP contribution in [0.2, 0.25) is 0 Å². The van der Waals surface area contributed by atoms with E-state index in [2.05, 4.69) is 5.32 Å². The van der Waals surface area contributed by atoms with Crippen LogP contribution < -0.4 is 15.1 Å². The summed E-state index contributed by atoms with van der Waals surface area (Å²) in [6.45, 7) is 3.45. The van der Waals surface area contributed by atoms with Gasteiger partial charge in [0.15, 0.2) is 12.3 Å². The number of hydroxylamine groups is 1. The van der Waals surface area contributed by atoms with Gasteiger partial charge in [0.05, 0.1) is 5.69 Å². The second kappa shape index (κ2) is 7.77. The Morgan fingerprint density at radius 1 is 1.30 bits per heavy atom. The van der Waals surface area contributed by atoms with E-state index in [1.54, 1.807) is 25.1 Å². The lowest BCUT2D eigenvalue weighted by molar-refractivity contribution is -0.156. The number of rotatable bonds is 5. The molecule has 0 spiro atoms. The van der Waals surface area contributed by atoms with Crippen molar-refractivity contribution in [1.29, 1.82) is 0 Å². The molecule has 3 atom stereocenters. The van der Waals surface area contributed by atoms with Crippen LogP contribution in [0.25, 0.3) is 0 Å². The molecule has 2 aliphatic rings. The van der Waals surface area contributed by atoms with Gasteiger partial charge < -0.3 is 19.4 Å². The van der Waals surface area contributed by atoms with Crippen LogP contribution in [0.4, 0.5) is 5.69 Å². The molecule has 0 saturated heterocycles. The Labute approximate surface area is 155 Å². The molecule has 3 rings (SSSR count). The van der Waals surface area contributed by atoms with Gasteiger partial charge in [0.25, 0.3) is 0 Å². The average Bonchev–Trinajstić information content (AvgIpc) is 2.65. The standard InChI is InChI=1S/C18H20N2O7/c1-3-15(19-10(2)21)25-13-6-4-5-12-11(13)9-14-18(24)20(12)27-17(23)8-7-16(22)26-14/h4-8,10,14-15,19,21H,3,9H2,1-2H3/b8-7-. The van der Waals surface area contributed by atoms with E-state index in [1.165, 1.54) is 0 Å². The van der Waals surface area contributed by atoms with Crippen LogP contribution in [0, 0.1) is 0 Å². The first-order valence-electron chi connectivity index (χ1n) is 8.56. The molecular formula is C18H20N2O7. The Bertz CT molecular complexity index is 790. The predicted octanol–water partition coefficient (Wildman–Crippen LogP) is 0.558. The highest BCUT2D eigenvalue weighted by atomic mass is 16.7. The highest BCUT2D eigenvalue weighted by Crippen LogP contribution is 2.36. The van der Waals surface area contributed by atoms with Gasteiger partial charge in [-0.1, -0.05) is 13.0 Å². The smallest absolute Gasteiger partial charge is 0.356 e. The van der Waals surface area contributed by atoms with E-state index in [-0.39, 0.29) is 6.42 Å². The van der Waals surface area contributed by atoms with Gasteiger partial charge in [-0.2, -0.15) is 0 Å². The summed E-state index contributed by atoms with van der Waals surface area (Å²) in [5.74, 6) is -1.91. The minimum absolute atomic E-state index is 0.0725. The fraction of sp³-hybridized carbons (Fsp3) is 0.389. The number of aliphatic hydroxyl groups excluding tert-OH is 1. The van der Waals surface area contributed by atoms with Gasteiger partial charge in [0.2, 0.25) is 0 Å². The SMILES string of the molecule is CCC(NC(C)O)Oc1cccc2c1CC1OC(=O)/C=C\C(=O)ON2C1=O. The van der Waals surface area contributed by atoms with E-state index in [9.17, 15) is 19.5 Å². The van der Waals surface area contributed by atoms with Crippen LogP contribution in [0.3, 0.4) is 0 Å². The molecule has 2 heterocycles. The summed E-state index contributed by atoms with van der Waals surface area (Å²) in [6.07, 6.45) is 0.0493. The molecule has 9 heteroatoms. The molecule has 2 N–H and O–H groups in total. The van der Waals surface area contributed by atoms with Crippen molar-refractivity contribution in [2.45, 2.75) is 45.2 Å². The van der Waals surface area contributed by atoms with Crippen molar-refractivity contribution in [1.82, 2.24) is 5.32 Å². The van der Waals surface area contributed by atoms with E-state index >= 15 is 0 Å². The fourth-order valence-corrected chi connectivity index (χ4v) is 2.86. The molecule has 2 aliphatic heterocycles. The van der Waals surface area contributed by atoms with Crippen molar-refractivity contribution >= 4 is 23.5 Å². The van der Waals surface area contributed by atoms with Crippen LogP contribution in [-0.4, -0.2) is 41.5 Å². The summed E-state index contributed by atoms with van der Waals surface area (Å²) in [7, 11) is 0. The zero-order valence-corrected chi connectivity index (χ0v) is 14.9. The van der Waals surface area contributed by atoms with Crippen molar-refractivity contribution in [2.75, 3.05) is 5.06 Å². The maximum Gasteiger partial charge on any atom is 0.356 e. The van der Waals surface area contributed by atoms with Crippen molar-refractivity contribution in [2.24, 2.45) is 0 Å². The quantitative estimate of drug-likeness (QED) is 0.566. The summed E-state index contributed by atoms with van der Waals surface area (Å²) in [4.78, 5) is 41.3. The molecule has 1 aromatic carbocycles. The number of carbonyl (C=O) groups is 3. The first-order chi connectivity index (χ1) is 12.9. The highest BCUT2D eigenvalue weighted by Gasteiger charge is 2.40. The lowest BCUT2D eigenvalue weighted by Crippen LogP contribution is -2.47. The van der Waals surface area contributed by atoms with Crippen molar-refractivity contribution in [3.05, 3.63) is 35.9 Å². The molecule has 3 unspecified atom stereocenters. The summed E-state index contributed by atoms with van der Waals surface area (Å²) in [5.41, 5.74) is 0.885. The van der Waals surface area contributed by atoms with Crippen LogP contribution >= 0.6 is 0 Å². The topological polar surface area (TPSA) is 114 Å². The summed E-state index contributed by atoms with van der Waals surface area (Å²) in [6, 6.07) is 4.95. The number of hydrogen-bond acceptors (Lipinski definition) is 8. The second-order valence-corrected chi connectivity index (χ2v) is 6.12. The third-order valence-electron chi connectivity index (χ3n) is 4.05. The molecule has 27 heavy (non-hydrogen) atoms. The summed E-state index contributed by atoms with van der Waals surface area (Å²) < 4.78 is 11.1. The summed E-state index contributed by atoms with van der Waals surface area (Å²) >= 11 is 0. The first-order valence-corrected chi connectivity index (χ1v) is 8.56. The van der Waals surface area contributed by atoms with Gasteiger partial charge in [0, 0.05) is 24.1 Å². The Kier molecular flexibility index (Phi) is 5.43. The number of fused-ring (bicyclic) bond motifs is 4. The van der Waals surface area contributed by atoms with Gasteiger partial charge in [-0.25, -0.2) is 9.59 Å². The Hall–Kier alpha value is -2.91. The van der Waals surface area contributed by atoms with Gasteiger partial charge >= 0.3 is 17.8 Å². The molecular weight excluding hydrogens is 356 g/mol. The minimum Gasteiger partial charge on any atom is -0.475 e. The highest BCUT2D eigenvalue weighted by molar-refractivity contribution is 6.03. The molecule has 1 amide bonds. The van der Waals surface area contributed by atoms with Crippen molar-refractivity contribution < 1.29 is 33.8 Å². The molecule has 2 bridgehead atoms. The molecule has 144 valence electrons. The third kappa shape index (κ3) is 4.09. The van der Waals surface area contributed by atoms with E-state index in [0.717, 1.165) is 17.2 Å². The van der Waals surface area contributed by atoms with Gasteiger partial charge in [-0.05, 0) is 25.5 Å². The van der Waals surface area contributed by atoms with Crippen molar-refractivity contribution in [3.8, 4) is 5.75 Å². The molecule has 0 aliphatic carbocycles. The number of ether oxygens (including phenoxy) is 2. The number of carbonyl (C=O) groups excluding carboxylic acids is 3. The fourth-order valence-electron chi connectivity index (χ4n) is 2.86. The minimum atomic E-state index is -1.14. The largest absolute Gasteiger partial charge is 0.475 e. The zero-order valence-electron chi connectivity index (χ0n) is 14.9. The zero-order chi connectivity index (χ0) is 19.6. The van der Waals surface area contributed by atoms with Crippen LogP contribution in [-0.2, 0) is 30.4 Å². The lowest BCUT2D eigenvalue weighted by Gasteiger charge is -2.32. The number of aliphatic hydroxyl groups is 1. The molecule has 9 nitrogen and oxygen atoms in total. The van der Waals surface area contributed by atoms with Gasteiger partial charge in [0.1, 0.15) is 12.0 Å². The number of nitrogens with one attached hydrogen (secondary N) is 1. The Morgan fingerprint density at radius 2 is 2.04 bits per heavy atom. The average molecular weight is 376 g/mol. The van der Waals surface area contributed by atoms with Crippen LogP contribution in [0.5, 0.6) is 5.75 Å². The van der Waals surface area contributed by atoms with E-state index in [0.29, 0.717) is 23.4 Å². The van der Waals surface area contributed by atoms with Crippen LogP contribution in [0.15, 0.2) is 30.4 Å². The molecule has 0 radical (unpaired) electrons. The van der Waals surface area contributed by atoms with Gasteiger partial charge in [-0.15, -0.1) is 5.06 Å². The molecule has 0 aromatic heterocycles. The molecule has 0 fully saturated rings. The van der Waals surface area contributed by atoms with Crippen molar-refractivity contribution in [3.63, 3.8) is 0 Å². The second-order valence-electron chi connectivity index (χ2n) is 6.12. The lowest BCUT2D eigenvalue weighted by atomic mass is 9.99. The third-order valence-corrected chi connectivity index (χ3v) is 4.05. The number of amides is 1. The monoisotopic (exact) mass is 376 g/mol. The van der Waals surface area contributed by atoms with E-state index in [1.807, 2.05) is 6.92 Å². The van der Waals surface area contributed by atoms with Gasteiger partial charge in [-0.3, -0.25) is 10.1 Å². The Balaban J connectivity index is 1.98. The predicted molar refractivity (Wildman–Crippen MR) is 92.3 cm³/mol. The Morgan fingerprint density at radius 3 is 2.74 bits per heavy atom. The molecule has 0 saturated carbocycles. The van der Waals surface area contributed by atoms with E-state index in [4.69, 9.17) is 14.3 Å².